The number of halogens is 2. The van der Waals surface area contributed by atoms with E-state index in [4.69, 9.17) is 10.5 Å². The molecule has 0 radical (unpaired) electrons. The Balaban J connectivity index is 1.64. The molecular weight excluding hydrogens is 382 g/mol. The zero-order valence-corrected chi connectivity index (χ0v) is 15.7. The number of primary amides is 1. The lowest BCUT2D eigenvalue weighted by molar-refractivity contribution is -0.117. The number of anilines is 2. The van der Waals surface area contributed by atoms with Gasteiger partial charge in [-0.2, -0.15) is 4.39 Å². The summed E-state index contributed by atoms with van der Waals surface area (Å²) < 4.78 is 33.0. The number of pyridine rings is 1. The Morgan fingerprint density at radius 1 is 1.31 bits per heavy atom. The van der Waals surface area contributed by atoms with Crippen molar-refractivity contribution in [1.82, 2.24) is 4.98 Å². The molecule has 1 saturated heterocycles. The molecule has 2 fully saturated rings. The van der Waals surface area contributed by atoms with E-state index in [9.17, 15) is 18.4 Å². The lowest BCUT2D eigenvalue weighted by atomic mass is 10.0. The molecule has 2 aliphatic rings. The largest absolute Gasteiger partial charge is 0.491 e. The second-order valence-corrected chi connectivity index (χ2v) is 7.54. The molecule has 3 N–H and O–H groups in total. The molecule has 9 heteroatoms. The predicted molar refractivity (Wildman–Crippen MR) is 102 cm³/mol. The summed E-state index contributed by atoms with van der Waals surface area (Å²) in [5.74, 6) is -3.33. The van der Waals surface area contributed by atoms with Crippen LogP contribution in [0.25, 0.3) is 0 Å². The zero-order chi connectivity index (χ0) is 20.8. The zero-order valence-electron chi connectivity index (χ0n) is 15.7. The summed E-state index contributed by atoms with van der Waals surface area (Å²) in [6.07, 6.45) is 3.92. The maximum atomic E-state index is 14.2. The predicted octanol–water partition coefficient (Wildman–Crippen LogP) is 2.46. The fourth-order valence-electron chi connectivity index (χ4n) is 3.89. The van der Waals surface area contributed by atoms with E-state index in [1.54, 1.807) is 11.0 Å². The van der Waals surface area contributed by atoms with Crippen LogP contribution in [-0.4, -0.2) is 36.5 Å². The molecule has 2 heterocycles. The van der Waals surface area contributed by atoms with Crippen LogP contribution in [0, 0.1) is 17.0 Å². The summed E-state index contributed by atoms with van der Waals surface area (Å²) >= 11 is 0. The number of nitrogens with one attached hydrogen (secondary N) is 1. The SMILES string of the molecule is COc1c(N2CC3(CC3)CC2C(=O)Nc2ccnc(C(N)=O)c2)ccc(F)c1F. The molecule has 0 bridgehead atoms. The Hall–Kier alpha value is -3.23. The van der Waals surface area contributed by atoms with Crippen molar-refractivity contribution < 1.29 is 23.1 Å². The average Bonchev–Trinajstić information content (AvgIpc) is 3.34. The van der Waals surface area contributed by atoms with Crippen LogP contribution in [0.1, 0.15) is 29.8 Å². The van der Waals surface area contributed by atoms with Gasteiger partial charge in [-0.05, 0) is 48.9 Å². The number of methoxy groups -OCH3 is 1. The molecule has 1 aromatic heterocycles. The van der Waals surface area contributed by atoms with Crippen molar-refractivity contribution in [2.75, 3.05) is 23.9 Å². The van der Waals surface area contributed by atoms with Gasteiger partial charge in [0.2, 0.25) is 11.7 Å². The van der Waals surface area contributed by atoms with E-state index < -0.39 is 23.6 Å². The molecule has 7 nitrogen and oxygen atoms in total. The number of benzene rings is 1. The number of aromatic nitrogens is 1. The second kappa shape index (κ2) is 6.98. The van der Waals surface area contributed by atoms with Crippen molar-refractivity contribution in [3.63, 3.8) is 0 Å². The lowest BCUT2D eigenvalue weighted by Gasteiger charge is -2.27. The van der Waals surface area contributed by atoms with Gasteiger partial charge < -0.3 is 20.7 Å². The first kappa shape index (κ1) is 19.1. The summed E-state index contributed by atoms with van der Waals surface area (Å²) in [5, 5.41) is 2.77. The van der Waals surface area contributed by atoms with Crippen molar-refractivity contribution in [3.8, 4) is 5.75 Å². The number of amides is 2. The molecule has 1 aliphatic heterocycles. The van der Waals surface area contributed by atoms with E-state index in [0.29, 0.717) is 24.3 Å². The molecule has 1 atom stereocenters. The van der Waals surface area contributed by atoms with Gasteiger partial charge in [0.1, 0.15) is 11.7 Å². The number of carbonyl (C=O) groups is 2. The summed E-state index contributed by atoms with van der Waals surface area (Å²) in [6.45, 7) is 0.551. The van der Waals surface area contributed by atoms with Gasteiger partial charge in [0.05, 0.1) is 12.8 Å². The molecule has 1 aliphatic carbocycles. The van der Waals surface area contributed by atoms with Gasteiger partial charge in [0, 0.05) is 18.4 Å². The van der Waals surface area contributed by atoms with E-state index in [2.05, 4.69) is 10.3 Å². The van der Waals surface area contributed by atoms with Crippen LogP contribution < -0.4 is 20.7 Å². The number of rotatable bonds is 5. The third-order valence-corrected chi connectivity index (χ3v) is 5.59. The molecule has 4 rings (SSSR count). The third kappa shape index (κ3) is 3.48. The highest BCUT2D eigenvalue weighted by atomic mass is 19.2. The van der Waals surface area contributed by atoms with Gasteiger partial charge in [-0.15, -0.1) is 0 Å². The number of nitrogens with two attached hydrogens (primary N) is 1. The minimum Gasteiger partial charge on any atom is -0.491 e. The quantitative estimate of drug-likeness (QED) is 0.801. The Kier molecular flexibility index (Phi) is 4.60. The number of nitrogens with zero attached hydrogens (tertiary/aromatic N) is 2. The van der Waals surface area contributed by atoms with Crippen LogP contribution >= 0.6 is 0 Å². The van der Waals surface area contributed by atoms with Gasteiger partial charge in [-0.1, -0.05) is 0 Å². The maximum Gasteiger partial charge on any atom is 0.267 e. The van der Waals surface area contributed by atoms with Gasteiger partial charge in [0.25, 0.3) is 5.91 Å². The summed E-state index contributed by atoms with van der Waals surface area (Å²) in [5.41, 5.74) is 5.98. The van der Waals surface area contributed by atoms with E-state index >= 15 is 0 Å². The van der Waals surface area contributed by atoms with Crippen LogP contribution in [0.3, 0.4) is 0 Å². The fraction of sp³-hybridized carbons (Fsp3) is 0.350. The molecule has 1 spiro atoms. The highest BCUT2D eigenvalue weighted by Crippen LogP contribution is 2.56. The summed E-state index contributed by atoms with van der Waals surface area (Å²) in [4.78, 5) is 30.0. The van der Waals surface area contributed by atoms with Crippen molar-refractivity contribution in [3.05, 3.63) is 47.8 Å². The maximum absolute atomic E-state index is 14.2. The summed E-state index contributed by atoms with van der Waals surface area (Å²) in [7, 11) is 1.27. The first-order valence-corrected chi connectivity index (χ1v) is 9.19. The third-order valence-electron chi connectivity index (χ3n) is 5.59. The fourth-order valence-corrected chi connectivity index (χ4v) is 3.89. The van der Waals surface area contributed by atoms with Crippen molar-refractivity contribution in [1.29, 1.82) is 0 Å². The van der Waals surface area contributed by atoms with Gasteiger partial charge in [0.15, 0.2) is 11.6 Å². The molecule has 2 amide bonds. The monoisotopic (exact) mass is 402 g/mol. The van der Waals surface area contributed by atoms with Crippen LogP contribution in [0.15, 0.2) is 30.5 Å². The smallest absolute Gasteiger partial charge is 0.267 e. The standard InChI is InChI=1S/C20H20F2N4O3/c1-29-17-14(3-2-12(21)16(17)22)26-10-20(5-6-20)9-15(26)19(28)25-11-4-7-24-13(8-11)18(23)27/h2-4,7-8,15H,5-6,9-10H2,1H3,(H2,23,27)(H,24,25,28). The first-order valence-electron chi connectivity index (χ1n) is 9.19. The van der Waals surface area contributed by atoms with Crippen molar-refractivity contribution in [2.45, 2.75) is 25.3 Å². The van der Waals surface area contributed by atoms with E-state index in [-0.39, 0.29) is 22.8 Å². The molecule has 1 unspecified atom stereocenters. The van der Waals surface area contributed by atoms with Crippen molar-refractivity contribution in [2.24, 2.45) is 11.1 Å². The highest BCUT2D eigenvalue weighted by molar-refractivity contribution is 5.99. The molecule has 1 aromatic carbocycles. The first-order chi connectivity index (χ1) is 13.8. The Labute approximate surface area is 165 Å². The molecular formula is C20H20F2N4O3. The van der Waals surface area contributed by atoms with Gasteiger partial charge >= 0.3 is 0 Å². The molecule has 2 aromatic rings. The van der Waals surface area contributed by atoms with Gasteiger partial charge in [-0.3, -0.25) is 14.6 Å². The lowest BCUT2D eigenvalue weighted by Crippen LogP contribution is -2.40. The van der Waals surface area contributed by atoms with E-state index in [1.165, 1.54) is 25.4 Å². The Morgan fingerprint density at radius 3 is 2.72 bits per heavy atom. The van der Waals surface area contributed by atoms with E-state index in [0.717, 1.165) is 18.9 Å². The second-order valence-electron chi connectivity index (χ2n) is 7.54. The summed E-state index contributed by atoms with van der Waals surface area (Å²) in [6, 6.07) is 4.80. The Bertz CT molecular complexity index is 994. The Morgan fingerprint density at radius 2 is 2.07 bits per heavy atom. The number of ether oxygens (including phenoxy) is 1. The minimum atomic E-state index is -1.08. The number of hydrogen-bond donors (Lipinski definition) is 2. The minimum absolute atomic E-state index is 0.00545. The highest BCUT2D eigenvalue weighted by Gasteiger charge is 2.54. The molecule has 29 heavy (non-hydrogen) atoms. The number of hydrogen-bond acceptors (Lipinski definition) is 5. The van der Waals surface area contributed by atoms with Crippen LogP contribution in [-0.2, 0) is 4.79 Å². The van der Waals surface area contributed by atoms with Crippen LogP contribution in [0.4, 0.5) is 20.2 Å². The van der Waals surface area contributed by atoms with E-state index in [1.807, 2.05) is 0 Å². The van der Waals surface area contributed by atoms with Crippen molar-refractivity contribution >= 4 is 23.2 Å². The van der Waals surface area contributed by atoms with Crippen LogP contribution in [0.2, 0.25) is 0 Å². The number of carbonyl (C=O) groups excluding carboxylic acids is 2. The average molecular weight is 402 g/mol. The molecule has 1 saturated carbocycles. The normalized spacial score (nSPS) is 19.3. The van der Waals surface area contributed by atoms with Gasteiger partial charge in [-0.25, -0.2) is 4.39 Å². The van der Waals surface area contributed by atoms with Crippen LogP contribution in [0.5, 0.6) is 5.75 Å². The topological polar surface area (TPSA) is 97.6 Å². The molecule has 152 valence electrons.